The van der Waals surface area contributed by atoms with Crippen molar-refractivity contribution < 1.29 is 4.42 Å². The highest BCUT2D eigenvalue weighted by molar-refractivity contribution is 5.46. The lowest BCUT2D eigenvalue weighted by Gasteiger charge is -2.19. The van der Waals surface area contributed by atoms with Crippen molar-refractivity contribution in [1.29, 1.82) is 0 Å². The summed E-state index contributed by atoms with van der Waals surface area (Å²) in [4.78, 5) is 6.50. The van der Waals surface area contributed by atoms with Gasteiger partial charge in [-0.05, 0) is 36.2 Å². The summed E-state index contributed by atoms with van der Waals surface area (Å²) in [5, 5.41) is 0. The van der Waals surface area contributed by atoms with E-state index in [0.717, 1.165) is 22.7 Å². The lowest BCUT2D eigenvalue weighted by molar-refractivity contribution is 0.507. The molecule has 0 aromatic carbocycles. The van der Waals surface area contributed by atoms with Crippen molar-refractivity contribution in [2.75, 3.05) is 11.9 Å². The van der Waals surface area contributed by atoms with Crippen LogP contribution in [0.15, 0.2) is 35.1 Å². The first-order valence-electron chi connectivity index (χ1n) is 5.60. The third kappa shape index (κ3) is 2.65. The molecule has 2 heterocycles. The van der Waals surface area contributed by atoms with E-state index < -0.39 is 0 Å². The van der Waals surface area contributed by atoms with Gasteiger partial charge in [-0.3, -0.25) is 0 Å². The number of hydrogen-bond acceptors (Lipinski definition) is 4. The maximum Gasteiger partial charge on any atom is 0.131 e. The number of anilines is 1. The molecule has 2 N–H and O–H groups in total. The third-order valence-corrected chi connectivity index (χ3v) is 2.68. The molecule has 0 saturated heterocycles. The lowest BCUT2D eigenvalue weighted by atomic mass is 10.2. The minimum absolute atomic E-state index is 0.524. The van der Waals surface area contributed by atoms with Crippen molar-refractivity contribution in [3.63, 3.8) is 0 Å². The molecule has 17 heavy (non-hydrogen) atoms. The Hall–Kier alpha value is -1.81. The Morgan fingerprint density at radius 3 is 2.88 bits per heavy atom. The van der Waals surface area contributed by atoms with E-state index in [4.69, 9.17) is 10.2 Å². The first kappa shape index (κ1) is 11.7. The molecule has 0 saturated carbocycles. The van der Waals surface area contributed by atoms with Crippen LogP contribution < -0.4 is 10.6 Å². The van der Waals surface area contributed by atoms with Gasteiger partial charge in [-0.15, -0.1) is 0 Å². The molecular weight excluding hydrogens is 214 g/mol. The monoisotopic (exact) mass is 231 g/mol. The summed E-state index contributed by atoms with van der Waals surface area (Å²) in [5.74, 6) is 1.88. The Labute approximate surface area is 101 Å². The zero-order valence-corrected chi connectivity index (χ0v) is 10.2. The number of aryl methyl sites for hydroxylation is 1. The number of furan rings is 1. The summed E-state index contributed by atoms with van der Waals surface area (Å²) in [6.07, 6.45) is 3.50. The summed E-state index contributed by atoms with van der Waals surface area (Å²) >= 11 is 0. The maximum atomic E-state index is 5.59. The first-order chi connectivity index (χ1) is 8.20. The number of aromatic nitrogens is 1. The molecule has 0 atom stereocenters. The molecule has 2 rings (SSSR count). The van der Waals surface area contributed by atoms with Crippen LogP contribution in [0.2, 0.25) is 0 Å². The molecule has 0 aliphatic rings. The summed E-state index contributed by atoms with van der Waals surface area (Å²) in [5.41, 5.74) is 7.77. The molecule has 0 bridgehead atoms. The normalized spacial score (nSPS) is 10.5. The molecule has 0 radical (unpaired) electrons. The lowest BCUT2D eigenvalue weighted by Crippen LogP contribution is -2.18. The van der Waals surface area contributed by atoms with Crippen molar-refractivity contribution in [2.24, 2.45) is 5.73 Å². The van der Waals surface area contributed by atoms with Crippen LogP contribution in [-0.2, 0) is 13.1 Å². The Morgan fingerprint density at radius 1 is 1.47 bits per heavy atom. The van der Waals surface area contributed by atoms with E-state index in [1.165, 1.54) is 0 Å². The highest BCUT2D eigenvalue weighted by Gasteiger charge is 2.08. The van der Waals surface area contributed by atoms with E-state index in [0.29, 0.717) is 13.1 Å². The number of rotatable bonds is 4. The molecule has 4 heteroatoms. The minimum Gasteiger partial charge on any atom is -0.467 e. The highest BCUT2D eigenvalue weighted by Crippen LogP contribution is 2.18. The smallest absolute Gasteiger partial charge is 0.131 e. The topological polar surface area (TPSA) is 55.3 Å². The van der Waals surface area contributed by atoms with Crippen molar-refractivity contribution in [1.82, 2.24) is 4.98 Å². The van der Waals surface area contributed by atoms with Gasteiger partial charge in [0.1, 0.15) is 11.6 Å². The number of hydrogen-bond donors (Lipinski definition) is 1. The second-order valence-electron chi connectivity index (χ2n) is 4.12. The summed E-state index contributed by atoms with van der Waals surface area (Å²) in [6.45, 7) is 3.28. The van der Waals surface area contributed by atoms with Gasteiger partial charge in [0.15, 0.2) is 0 Å². The molecule has 0 spiro atoms. The molecule has 4 nitrogen and oxygen atoms in total. The molecule has 90 valence electrons. The zero-order chi connectivity index (χ0) is 12.3. The number of nitrogens with two attached hydrogens (primary N) is 1. The van der Waals surface area contributed by atoms with Crippen LogP contribution in [0.5, 0.6) is 0 Å². The van der Waals surface area contributed by atoms with Gasteiger partial charge in [-0.25, -0.2) is 4.98 Å². The fraction of sp³-hybridized carbons (Fsp3) is 0.308. The van der Waals surface area contributed by atoms with Crippen LogP contribution in [0.3, 0.4) is 0 Å². The molecule has 2 aromatic heterocycles. The fourth-order valence-electron chi connectivity index (χ4n) is 1.85. The quantitative estimate of drug-likeness (QED) is 0.875. The van der Waals surface area contributed by atoms with E-state index in [9.17, 15) is 0 Å². The average molecular weight is 231 g/mol. The second kappa shape index (κ2) is 5.01. The van der Waals surface area contributed by atoms with Gasteiger partial charge in [-0.1, -0.05) is 0 Å². The fourth-order valence-corrected chi connectivity index (χ4v) is 1.85. The highest BCUT2D eigenvalue weighted by atomic mass is 16.3. The third-order valence-electron chi connectivity index (χ3n) is 2.68. The van der Waals surface area contributed by atoms with Gasteiger partial charge in [0.25, 0.3) is 0 Å². The van der Waals surface area contributed by atoms with Gasteiger partial charge in [0, 0.05) is 19.8 Å². The van der Waals surface area contributed by atoms with Gasteiger partial charge >= 0.3 is 0 Å². The Balaban J connectivity index is 2.16. The number of pyridine rings is 1. The van der Waals surface area contributed by atoms with Crippen molar-refractivity contribution in [2.45, 2.75) is 20.0 Å². The summed E-state index contributed by atoms with van der Waals surface area (Å²) < 4.78 is 5.32. The van der Waals surface area contributed by atoms with Crippen LogP contribution in [-0.4, -0.2) is 12.0 Å². The van der Waals surface area contributed by atoms with Crippen LogP contribution in [0, 0.1) is 6.92 Å². The van der Waals surface area contributed by atoms with Crippen molar-refractivity contribution >= 4 is 5.82 Å². The van der Waals surface area contributed by atoms with Crippen LogP contribution in [0.1, 0.15) is 16.9 Å². The largest absolute Gasteiger partial charge is 0.467 e. The molecule has 2 aromatic rings. The molecule has 0 aliphatic carbocycles. The number of nitrogens with zero attached hydrogens (tertiary/aromatic N) is 2. The predicted octanol–water partition coefficient (Wildman–Crippen LogP) is 2.08. The van der Waals surface area contributed by atoms with E-state index in [-0.39, 0.29) is 0 Å². The molecule has 0 aliphatic heterocycles. The zero-order valence-electron chi connectivity index (χ0n) is 10.2. The van der Waals surface area contributed by atoms with Crippen LogP contribution >= 0.6 is 0 Å². The Bertz CT molecular complexity index is 479. The summed E-state index contributed by atoms with van der Waals surface area (Å²) in [6, 6.07) is 5.92. The van der Waals surface area contributed by atoms with Crippen molar-refractivity contribution in [3.8, 4) is 0 Å². The second-order valence-corrected chi connectivity index (χ2v) is 4.12. The predicted molar refractivity (Wildman–Crippen MR) is 67.7 cm³/mol. The maximum absolute atomic E-state index is 5.59. The minimum atomic E-state index is 0.524. The van der Waals surface area contributed by atoms with E-state index in [1.54, 1.807) is 6.26 Å². The van der Waals surface area contributed by atoms with E-state index >= 15 is 0 Å². The average Bonchev–Trinajstić information content (AvgIpc) is 2.81. The van der Waals surface area contributed by atoms with E-state index in [2.05, 4.69) is 16.0 Å². The van der Waals surface area contributed by atoms with Gasteiger partial charge in [0.2, 0.25) is 0 Å². The van der Waals surface area contributed by atoms with Gasteiger partial charge in [-0.2, -0.15) is 0 Å². The summed E-state index contributed by atoms with van der Waals surface area (Å²) in [7, 11) is 2.00. The molecule has 0 unspecified atom stereocenters. The Kier molecular flexibility index (Phi) is 3.44. The van der Waals surface area contributed by atoms with Crippen molar-refractivity contribution in [3.05, 3.63) is 47.5 Å². The van der Waals surface area contributed by atoms with Crippen LogP contribution in [0.4, 0.5) is 5.82 Å². The van der Waals surface area contributed by atoms with Crippen LogP contribution in [0.25, 0.3) is 0 Å². The SMILES string of the molecule is Cc1cc(CN)cnc1N(C)Cc1ccco1. The standard InChI is InChI=1S/C13H17N3O/c1-10-6-11(7-14)8-15-13(10)16(2)9-12-4-3-5-17-12/h3-6,8H,7,9,14H2,1-2H3. The molecule has 0 fully saturated rings. The van der Waals surface area contributed by atoms with Gasteiger partial charge in [0.05, 0.1) is 12.8 Å². The van der Waals surface area contributed by atoms with E-state index in [1.807, 2.05) is 32.3 Å². The molecule has 0 amide bonds. The first-order valence-corrected chi connectivity index (χ1v) is 5.60. The molecular formula is C13H17N3O. The Morgan fingerprint density at radius 2 is 2.29 bits per heavy atom. The van der Waals surface area contributed by atoms with Gasteiger partial charge < -0.3 is 15.1 Å².